The SMILES string of the molecule is CCCOC(=O)c1ccc(NC(=O)[C@H]2CC(=O)N(c3cccc(C)c3)C2)cc1. The third kappa shape index (κ3) is 4.57. The number of nitrogens with zero attached hydrogens (tertiary/aromatic N) is 1. The second-order valence-electron chi connectivity index (χ2n) is 6.95. The summed E-state index contributed by atoms with van der Waals surface area (Å²) < 4.78 is 5.08. The lowest BCUT2D eigenvalue weighted by atomic mass is 10.1. The summed E-state index contributed by atoms with van der Waals surface area (Å²) in [5.41, 5.74) is 2.90. The van der Waals surface area contributed by atoms with E-state index in [4.69, 9.17) is 4.74 Å². The van der Waals surface area contributed by atoms with Gasteiger partial charge >= 0.3 is 5.97 Å². The highest BCUT2D eigenvalue weighted by Gasteiger charge is 2.35. The van der Waals surface area contributed by atoms with Crippen molar-refractivity contribution in [3.8, 4) is 0 Å². The molecular weight excluding hydrogens is 356 g/mol. The molecule has 6 nitrogen and oxygen atoms in total. The van der Waals surface area contributed by atoms with E-state index in [0.29, 0.717) is 24.4 Å². The van der Waals surface area contributed by atoms with Crippen LogP contribution in [0.5, 0.6) is 0 Å². The van der Waals surface area contributed by atoms with Crippen LogP contribution >= 0.6 is 0 Å². The van der Waals surface area contributed by atoms with E-state index >= 15 is 0 Å². The van der Waals surface area contributed by atoms with Crippen molar-refractivity contribution in [2.24, 2.45) is 5.92 Å². The number of hydrogen-bond acceptors (Lipinski definition) is 4. The zero-order chi connectivity index (χ0) is 20.1. The number of carbonyl (C=O) groups is 3. The van der Waals surface area contributed by atoms with Crippen LogP contribution in [0.4, 0.5) is 11.4 Å². The maximum Gasteiger partial charge on any atom is 0.338 e. The van der Waals surface area contributed by atoms with E-state index in [0.717, 1.165) is 17.7 Å². The van der Waals surface area contributed by atoms with E-state index in [1.807, 2.05) is 38.1 Å². The summed E-state index contributed by atoms with van der Waals surface area (Å²) >= 11 is 0. The first-order valence-corrected chi connectivity index (χ1v) is 9.43. The number of anilines is 2. The molecule has 0 radical (unpaired) electrons. The van der Waals surface area contributed by atoms with Crippen molar-refractivity contribution in [1.29, 1.82) is 0 Å². The molecule has 2 aromatic carbocycles. The van der Waals surface area contributed by atoms with Gasteiger partial charge in [-0.15, -0.1) is 0 Å². The molecule has 0 unspecified atom stereocenters. The Morgan fingerprint density at radius 2 is 1.93 bits per heavy atom. The molecule has 1 heterocycles. The molecule has 1 aliphatic rings. The first kappa shape index (κ1) is 19.6. The molecule has 0 aliphatic carbocycles. The molecular formula is C22H24N2O4. The topological polar surface area (TPSA) is 75.7 Å². The molecule has 146 valence electrons. The molecule has 2 amide bonds. The molecule has 1 fully saturated rings. The van der Waals surface area contributed by atoms with Crippen molar-refractivity contribution < 1.29 is 19.1 Å². The number of ether oxygens (including phenoxy) is 1. The molecule has 1 N–H and O–H groups in total. The molecule has 2 aromatic rings. The van der Waals surface area contributed by atoms with Crippen LogP contribution in [0, 0.1) is 12.8 Å². The molecule has 1 atom stereocenters. The van der Waals surface area contributed by atoms with Gasteiger partial charge in [-0.1, -0.05) is 19.1 Å². The summed E-state index contributed by atoms with van der Waals surface area (Å²) in [7, 11) is 0. The van der Waals surface area contributed by atoms with Gasteiger partial charge in [0.15, 0.2) is 0 Å². The third-order valence-electron chi connectivity index (χ3n) is 4.63. The minimum atomic E-state index is -0.415. The van der Waals surface area contributed by atoms with Crippen LogP contribution in [0.2, 0.25) is 0 Å². The molecule has 0 spiro atoms. The Bertz CT molecular complexity index is 876. The second kappa shape index (κ2) is 8.69. The van der Waals surface area contributed by atoms with E-state index in [9.17, 15) is 14.4 Å². The molecule has 28 heavy (non-hydrogen) atoms. The van der Waals surface area contributed by atoms with Crippen molar-refractivity contribution in [1.82, 2.24) is 0 Å². The highest BCUT2D eigenvalue weighted by Crippen LogP contribution is 2.26. The van der Waals surface area contributed by atoms with Gasteiger partial charge in [-0.25, -0.2) is 4.79 Å². The minimum absolute atomic E-state index is 0.0558. The van der Waals surface area contributed by atoms with Crippen LogP contribution in [-0.2, 0) is 14.3 Å². The number of hydrogen-bond donors (Lipinski definition) is 1. The molecule has 3 rings (SSSR count). The van der Waals surface area contributed by atoms with Crippen LogP contribution in [0.15, 0.2) is 48.5 Å². The fourth-order valence-corrected chi connectivity index (χ4v) is 3.14. The van der Waals surface area contributed by atoms with E-state index in [1.165, 1.54) is 0 Å². The van der Waals surface area contributed by atoms with Gasteiger partial charge in [-0.05, 0) is 55.3 Å². The van der Waals surface area contributed by atoms with Crippen LogP contribution < -0.4 is 10.2 Å². The number of esters is 1. The average Bonchev–Trinajstić information content (AvgIpc) is 3.08. The van der Waals surface area contributed by atoms with Crippen molar-refractivity contribution in [3.05, 3.63) is 59.7 Å². The predicted octanol–water partition coefficient (Wildman–Crippen LogP) is 3.55. The molecule has 1 saturated heterocycles. The van der Waals surface area contributed by atoms with Gasteiger partial charge in [-0.2, -0.15) is 0 Å². The van der Waals surface area contributed by atoms with Gasteiger partial charge in [-0.3, -0.25) is 9.59 Å². The van der Waals surface area contributed by atoms with Gasteiger partial charge < -0.3 is 15.0 Å². The standard InChI is InChI=1S/C22H24N2O4/c1-3-11-28-22(27)16-7-9-18(10-8-16)23-21(26)17-13-20(25)24(14-17)19-6-4-5-15(2)12-19/h4-10,12,17H,3,11,13-14H2,1-2H3,(H,23,26)/t17-/m0/s1. The summed E-state index contributed by atoms with van der Waals surface area (Å²) in [6.45, 7) is 4.63. The summed E-state index contributed by atoms with van der Waals surface area (Å²) in [4.78, 5) is 38.4. The zero-order valence-electron chi connectivity index (χ0n) is 16.1. The molecule has 1 aliphatic heterocycles. The largest absolute Gasteiger partial charge is 0.462 e. The third-order valence-corrected chi connectivity index (χ3v) is 4.63. The Hall–Kier alpha value is -3.15. The lowest BCUT2D eigenvalue weighted by molar-refractivity contribution is -0.122. The maximum atomic E-state index is 12.6. The van der Waals surface area contributed by atoms with Gasteiger partial charge in [0.1, 0.15) is 0 Å². The normalized spacial score (nSPS) is 16.1. The molecule has 0 saturated carbocycles. The quantitative estimate of drug-likeness (QED) is 0.778. The smallest absolute Gasteiger partial charge is 0.338 e. The first-order chi connectivity index (χ1) is 13.5. The Balaban J connectivity index is 1.61. The minimum Gasteiger partial charge on any atom is -0.462 e. The Morgan fingerprint density at radius 3 is 2.61 bits per heavy atom. The average molecular weight is 380 g/mol. The Kier molecular flexibility index (Phi) is 6.09. The summed E-state index contributed by atoms with van der Waals surface area (Å²) in [6, 6.07) is 14.2. The van der Waals surface area contributed by atoms with Crippen molar-refractivity contribution in [2.45, 2.75) is 26.7 Å². The summed E-state index contributed by atoms with van der Waals surface area (Å²) in [5, 5.41) is 2.83. The lowest BCUT2D eigenvalue weighted by Gasteiger charge is -2.17. The number of amides is 2. The van der Waals surface area contributed by atoms with Crippen LogP contribution in [-0.4, -0.2) is 30.9 Å². The predicted molar refractivity (Wildman–Crippen MR) is 107 cm³/mol. The van der Waals surface area contributed by atoms with Crippen LogP contribution in [0.25, 0.3) is 0 Å². The fraction of sp³-hybridized carbons (Fsp3) is 0.318. The molecule has 0 aromatic heterocycles. The maximum absolute atomic E-state index is 12.6. The highest BCUT2D eigenvalue weighted by molar-refractivity contribution is 6.03. The van der Waals surface area contributed by atoms with Gasteiger partial charge in [0.25, 0.3) is 0 Å². The number of rotatable bonds is 6. The monoisotopic (exact) mass is 380 g/mol. The molecule has 0 bridgehead atoms. The lowest BCUT2D eigenvalue weighted by Crippen LogP contribution is -2.28. The zero-order valence-corrected chi connectivity index (χ0v) is 16.1. The second-order valence-corrected chi connectivity index (χ2v) is 6.95. The van der Waals surface area contributed by atoms with E-state index in [2.05, 4.69) is 5.32 Å². The fourth-order valence-electron chi connectivity index (χ4n) is 3.14. The highest BCUT2D eigenvalue weighted by atomic mass is 16.5. The number of nitrogens with one attached hydrogen (secondary N) is 1. The van der Waals surface area contributed by atoms with Crippen LogP contribution in [0.1, 0.15) is 35.7 Å². The van der Waals surface area contributed by atoms with Crippen molar-refractivity contribution in [2.75, 3.05) is 23.4 Å². The van der Waals surface area contributed by atoms with Gasteiger partial charge in [0.2, 0.25) is 11.8 Å². The van der Waals surface area contributed by atoms with Gasteiger partial charge in [0, 0.05) is 24.3 Å². The first-order valence-electron chi connectivity index (χ1n) is 9.43. The van der Waals surface area contributed by atoms with Gasteiger partial charge in [0.05, 0.1) is 18.1 Å². The number of aryl methyl sites for hydroxylation is 1. The summed E-state index contributed by atoms with van der Waals surface area (Å²) in [6.07, 6.45) is 0.945. The summed E-state index contributed by atoms with van der Waals surface area (Å²) in [5.74, 6) is -1.05. The van der Waals surface area contributed by atoms with Crippen LogP contribution in [0.3, 0.4) is 0 Å². The van der Waals surface area contributed by atoms with E-state index in [-0.39, 0.29) is 24.2 Å². The number of benzene rings is 2. The van der Waals surface area contributed by atoms with Crippen molar-refractivity contribution >= 4 is 29.2 Å². The number of carbonyl (C=O) groups excluding carboxylic acids is 3. The Morgan fingerprint density at radius 1 is 1.18 bits per heavy atom. The van der Waals surface area contributed by atoms with Crippen molar-refractivity contribution in [3.63, 3.8) is 0 Å². The Labute approximate surface area is 164 Å². The molecule has 6 heteroatoms. The van der Waals surface area contributed by atoms with E-state index in [1.54, 1.807) is 29.2 Å². The van der Waals surface area contributed by atoms with E-state index < -0.39 is 5.92 Å².